The molecule has 0 amide bonds. The number of hydrogen-bond acceptors (Lipinski definition) is 4. The quantitative estimate of drug-likeness (QED) is 0.911. The van der Waals surface area contributed by atoms with E-state index in [-0.39, 0.29) is 6.04 Å². The van der Waals surface area contributed by atoms with E-state index in [1.165, 1.54) is 6.42 Å². The maximum absolute atomic E-state index is 10.6. The van der Waals surface area contributed by atoms with E-state index in [1.807, 2.05) is 23.7 Å². The SMILES string of the molecule is Cc1cc2ncc(C(C)NCC3(O)CCCCC3)c(C)n2n1. The minimum absolute atomic E-state index is 0.146. The van der Waals surface area contributed by atoms with Gasteiger partial charge in [0.2, 0.25) is 0 Å². The number of nitrogens with zero attached hydrogens (tertiary/aromatic N) is 3. The Kier molecular flexibility index (Phi) is 4.19. The smallest absolute Gasteiger partial charge is 0.155 e. The van der Waals surface area contributed by atoms with Crippen molar-refractivity contribution < 1.29 is 5.11 Å². The molecule has 2 N–H and O–H groups in total. The highest BCUT2D eigenvalue weighted by Gasteiger charge is 2.29. The van der Waals surface area contributed by atoms with Gasteiger partial charge in [-0.1, -0.05) is 19.3 Å². The van der Waals surface area contributed by atoms with Crippen LogP contribution in [-0.4, -0.2) is 31.9 Å². The van der Waals surface area contributed by atoms with Gasteiger partial charge in [0, 0.05) is 36.1 Å². The first kappa shape index (κ1) is 15.4. The number of rotatable bonds is 4. The van der Waals surface area contributed by atoms with Crippen molar-refractivity contribution in [2.24, 2.45) is 0 Å². The summed E-state index contributed by atoms with van der Waals surface area (Å²) in [6.07, 6.45) is 7.24. The standard InChI is InChI=1S/C17H26N4O/c1-12-9-16-18-10-15(14(3)21(16)20-12)13(2)19-11-17(22)7-5-4-6-8-17/h9-10,13,19,22H,4-8,11H2,1-3H3. The van der Waals surface area contributed by atoms with Crippen LogP contribution < -0.4 is 5.32 Å². The summed E-state index contributed by atoms with van der Waals surface area (Å²) in [5.74, 6) is 0. The number of fused-ring (bicyclic) bond motifs is 1. The molecule has 0 spiro atoms. The van der Waals surface area contributed by atoms with Crippen LogP contribution in [0.1, 0.15) is 62.0 Å². The van der Waals surface area contributed by atoms with E-state index < -0.39 is 5.60 Å². The molecule has 1 atom stereocenters. The Hall–Kier alpha value is -1.46. The van der Waals surface area contributed by atoms with Gasteiger partial charge in [-0.15, -0.1) is 0 Å². The van der Waals surface area contributed by atoms with E-state index in [2.05, 4.69) is 29.2 Å². The van der Waals surface area contributed by atoms with Crippen LogP contribution in [0.5, 0.6) is 0 Å². The summed E-state index contributed by atoms with van der Waals surface area (Å²) in [4.78, 5) is 4.49. The van der Waals surface area contributed by atoms with Gasteiger partial charge >= 0.3 is 0 Å². The Morgan fingerprint density at radius 2 is 2.05 bits per heavy atom. The number of hydrogen-bond donors (Lipinski definition) is 2. The molecule has 1 fully saturated rings. The second kappa shape index (κ2) is 5.97. The summed E-state index contributed by atoms with van der Waals surface area (Å²) in [6.45, 7) is 6.82. The zero-order chi connectivity index (χ0) is 15.7. The molecule has 0 radical (unpaired) electrons. The summed E-state index contributed by atoms with van der Waals surface area (Å²) < 4.78 is 1.90. The zero-order valence-electron chi connectivity index (χ0n) is 13.8. The third-order valence-electron chi connectivity index (χ3n) is 4.87. The highest BCUT2D eigenvalue weighted by molar-refractivity contribution is 5.42. The monoisotopic (exact) mass is 302 g/mol. The first-order valence-electron chi connectivity index (χ1n) is 8.26. The lowest BCUT2D eigenvalue weighted by molar-refractivity contribution is 0.00297. The van der Waals surface area contributed by atoms with E-state index >= 15 is 0 Å². The Labute approximate surface area is 131 Å². The van der Waals surface area contributed by atoms with Gasteiger partial charge in [0.1, 0.15) is 0 Å². The highest BCUT2D eigenvalue weighted by Crippen LogP contribution is 2.28. The number of aromatic nitrogens is 3. The van der Waals surface area contributed by atoms with Crippen molar-refractivity contribution in [2.75, 3.05) is 6.54 Å². The van der Waals surface area contributed by atoms with Crippen molar-refractivity contribution in [3.63, 3.8) is 0 Å². The Balaban J connectivity index is 1.74. The molecule has 1 aliphatic carbocycles. The lowest BCUT2D eigenvalue weighted by Gasteiger charge is -2.33. The fraction of sp³-hybridized carbons (Fsp3) is 0.647. The summed E-state index contributed by atoms with van der Waals surface area (Å²) in [5.41, 5.74) is 3.56. The van der Waals surface area contributed by atoms with Crippen LogP contribution in [0.15, 0.2) is 12.3 Å². The van der Waals surface area contributed by atoms with E-state index in [0.29, 0.717) is 6.54 Å². The van der Waals surface area contributed by atoms with Gasteiger partial charge < -0.3 is 10.4 Å². The van der Waals surface area contributed by atoms with Gasteiger partial charge in [0.15, 0.2) is 5.65 Å². The fourth-order valence-corrected chi connectivity index (χ4v) is 3.44. The summed E-state index contributed by atoms with van der Waals surface area (Å²) >= 11 is 0. The minimum Gasteiger partial charge on any atom is -0.389 e. The third kappa shape index (κ3) is 3.01. The van der Waals surface area contributed by atoms with Crippen LogP contribution >= 0.6 is 0 Å². The van der Waals surface area contributed by atoms with Crippen molar-refractivity contribution >= 4 is 5.65 Å². The molecule has 1 unspecified atom stereocenters. The molecule has 0 aliphatic heterocycles. The Morgan fingerprint density at radius 3 is 2.77 bits per heavy atom. The molecule has 0 aromatic carbocycles. The summed E-state index contributed by atoms with van der Waals surface area (Å²) in [5, 5.41) is 18.6. The second-order valence-electron chi connectivity index (χ2n) is 6.74. The molecular weight excluding hydrogens is 276 g/mol. The Morgan fingerprint density at radius 1 is 1.32 bits per heavy atom. The average molecular weight is 302 g/mol. The maximum Gasteiger partial charge on any atom is 0.155 e. The molecule has 5 nitrogen and oxygen atoms in total. The second-order valence-corrected chi connectivity index (χ2v) is 6.74. The molecule has 2 heterocycles. The molecule has 5 heteroatoms. The number of nitrogens with one attached hydrogen (secondary N) is 1. The van der Waals surface area contributed by atoms with Crippen LogP contribution in [0.2, 0.25) is 0 Å². The van der Waals surface area contributed by atoms with Crippen LogP contribution in [-0.2, 0) is 0 Å². The van der Waals surface area contributed by atoms with Crippen LogP contribution in [0.4, 0.5) is 0 Å². The maximum atomic E-state index is 10.6. The minimum atomic E-state index is -0.541. The van der Waals surface area contributed by atoms with E-state index in [0.717, 1.165) is 48.3 Å². The number of aliphatic hydroxyl groups is 1. The van der Waals surface area contributed by atoms with Gasteiger partial charge in [0.25, 0.3) is 0 Å². The molecule has 1 aliphatic rings. The molecule has 2 aromatic rings. The van der Waals surface area contributed by atoms with Crippen LogP contribution in [0.3, 0.4) is 0 Å². The van der Waals surface area contributed by atoms with E-state index in [1.54, 1.807) is 0 Å². The van der Waals surface area contributed by atoms with Crippen molar-refractivity contribution in [3.05, 3.63) is 29.2 Å². The highest BCUT2D eigenvalue weighted by atomic mass is 16.3. The molecule has 3 rings (SSSR count). The summed E-state index contributed by atoms with van der Waals surface area (Å²) in [7, 11) is 0. The summed E-state index contributed by atoms with van der Waals surface area (Å²) in [6, 6.07) is 2.13. The molecular formula is C17H26N4O. The van der Waals surface area contributed by atoms with Gasteiger partial charge in [-0.25, -0.2) is 9.50 Å². The van der Waals surface area contributed by atoms with Crippen molar-refractivity contribution in [1.29, 1.82) is 0 Å². The molecule has 0 bridgehead atoms. The lowest BCUT2D eigenvalue weighted by atomic mass is 9.84. The molecule has 22 heavy (non-hydrogen) atoms. The van der Waals surface area contributed by atoms with Crippen molar-refractivity contribution in [1.82, 2.24) is 19.9 Å². The van der Waals surface area contributed by atoms with Crippen LogP contribution in [0, 0.1) is 13.8 Å². The molecule has 2 aromatic heterocycles. The van der Waals surface area contributed by atoms with E-state index in [4.69, 9.17) is 0 Å². The normalized spacial score (nSPS) is 19.5. The van der Waals surface area contributed by atoms with Crippen molar-refractivity contribution in [2.45, 2.75) is 64.5 Å². The molecule has 120 valence electrons. The van der Waals surface area contributed by atoms with Gasteiger partial charge in [0.05, 0.1) is 11.3 Å². The predicted octanol–water partition coefficient (Wildman–Crippen LogP) is 2.69. The molecule has 1 saturated carbocycles. The predicted molar refractivity (Wildman–Crippen MR) is 86.9 cm³/mol. The fourth-order valence-electron chi connectivity index (χ4n) is 3.44. The van der Waals surface area contributed by atoms with Crippen molar-refractivity contribution in [3.8, 4) is 0 Å². The lowest BCUT2D eigenvalue weighted by Crippen LogP contribution is -2.43. The van der Waals surface area contributed by atoms with E-state index in [9.17, 15) is 5.11 Å². The Bertz CT molecular complexity index is 658. The zero-order valence-corrected chi connectivity index (χ0v) is 13.8. The third-order valence-corrected chi connectivity index (χ3v) is 4.87. The van der Waals surface area contributed by atoms with Crippen LogP contribution in [0.25, 0.3) is 5.65 Å². The number of aryl methyl sites for hydroxylation is 2. The van der Waals surface area contributed by atoms with Gasteiger partial charge in [-0.3, -0.25) is 0 Å². The first-order chi connectivity index (χ1) is 10.5. The van der Waals surface area contributed by atoms with Gasteiger partial charge in [-0.2, -0.15) is 5.10 Å². The largest absolute Gasteiger partial charge is 0.389 e. The topological polar surface area (TPSA) is 62.5 Å². The van der Waals surface area contributed by atoms with Gasteiger partial charge in [-0.05, 0) is 33.6 Å². The average Bonchev–Trinajstić information content (AvgIpc) is 2.88. The first-order valence-corrected chi connectivity index (χ1v) is 8.26. The molecule has 0 saturated heterocycles.